The summed E-state index contributed by atoms with van der Waals surface area (Å²) in [6, 6.07) is 0. The predicted molar refractivity (Wildman–Crippen MR) is 79.3 cm³/mol. The monoisotopic (exact) mass is 406 g/mol. The Morgan fingerprint density at radius 3 is 1.59 bits per heavy atom. The standard InChI is InChI=1S/C17H14N2.2ClH.Zr/c1-10-14(12-5-3-7-16(12)18-10)9-15-11(2)19-17-8-4-6-13(15)17;;;/h3-8H,9H2,1-2H3;2*1H;/q;;;+2/p-2. The van der Waals surface area contributed by atoms with Crippen LogP contribution in [0.25, 0.3) is 0 Å². The molecule has 2 aliphatic carbocycles. The van der Waals surface area contributed by atoms with Gasteiger partial charge in [0.25, 0.3) is 0 Å². The van der Waals surface area contributed by atoms with Crippen LogP contribution in [0, 0.1) is 0 Å². The summed E-state index contributed by atoms with van der Waals surface area (Å²) in [5.41, 5.74) is 9.79. The summed E-state index contributed by atoms with van der Waals surface area (Å²) in [5, 5.41) is 0. The molecule has 0 atom stereocenters. The van der Waals surface area contributed by atoms with E-state index in [4.69, 9.17) is 0 Å². The van der Waals surface area contributed by atoms with E-state index in [1.807, 2.05) is 0 Å². The fourth-order valence-electron chi connectivity index (χ4n) is 3.04. The molecule has 0 fully saturated rings. The Balaban J connectivity index is 0.000000807. The number of allylic oxidation sites excluding steroid dienone is 8. The Morgan fingerprint density at radius 1 is 0.773 bits per heavy atom. The molecule has 110 valence electrons. The van der Waals surface area contributed by atoms with Crippen LogP contribution in [0.15, 0.2) is 80.1 Å². The van der Waals surface area contributed by atoms with Crippen LogP contribution in [0.5, 0.6) is 0 Å². The van der Waals surface area contributed by atoms with Crippen molar-refractivity contribution >= 4 is 11.4 Å². The molecule has 0 radical (unpaired) electrons. The fourth-order valence-corrected chi connectivity index (χ4v) is 3.04. The van der Waals surface area contributed by atoms with Gasteiger partial charge in [0.15, 0.2) is 0 Å². The zero-order valence-corrected chi connectivity index (χ0v) is 16.3. The first-order valence-corrected chi connectivity index (χ1v) is 6.59. The van der Waals surface area contributed by atoms with Crippen molar-refractivity contribution in [1.29, 1.82) is 0 Å². The Labute approximate surface area is 162 Å². The van der Waals surface area contributed by atoms with Gasteiger partial charge in [0.05, 0.1) is 11.4 Å². The van der Waals surface area contributed by atoms with E-state index < -0.39 is 0 Å². The Kier molecular flexibility index (Phi) is 6.32. The maximum Gasteiger partial charge on any atom is 2.00 e. The van der Waals surface area contributed by atoms with Gasteiger partial charge in [0.2, 0.25) is 0 Å². The van der Waals surface area contributed by atoms with E-state index in [2.05, 4.69) is 60.3 Å². The number of aliphatic imine (C=N–C) groups is 2. The van der Waals surface area contributed by atoms with Crippen LogP contribution in [-0.2, 0) is 26.2 Å². The van der Waals surface area contributed by atoms with E-state index in [-0.39, 0.29) is 51.0 Å². The van der Waals surface area contributed by atoms with Crippen LogP contribution in [0.2, 0.25) is 0 Å². The van der Waals surface area contributed by atoms with E-state index in [9.17, 15) is 0 Å². The summed E-state index contributed by atoms with van der Waals surface area (Å²) < 4.78 is 0. The van der Waals surface area contributed by atoms with E-state index >= 15 is 0 Å². The molecule has 4 rings (SSSR count). The summed E-state index contributed by atoms with van der Waals surface area (Å²) in [7, 11) is 0. The SMILES string of the molecule is CC1=NC2=CC=CC2=C1CC1=C2C=CC=C2N=C1C.[Cl-].[Cl-].[Zr+2]. The summed E-state index contributed by atoms with van der Waals surface area (Å²) >= 11 is 0. The number of nitrogens with zero attached hydrogens (tertiary/aromatic N) is 2. The number of rotatable bonds is 2. The molecule has 0 amide bonds. The van der Waals surface area contributed by atoms with Crippen LogP contribution >= 0.6 is 0 Å². The van der Waals surface area contributed by atoms with E-state index in [0.29, 0.717) is 0 Å². The van der Waals surface area contributed by atoms with Gasteiger partial charge in [-0.25, -0.2) is 0 Å². The molecule has 0 saturated carbocycles. The van der Waals surface area contributed by atoms with Crippen molar-refractivity contribution in [1.82, 2.24) is 0 Å². The summed E-state index contributed by atoms with van der Waals surface area (Å²) in [6.45, 7) is 4.20. The van der Waals surface area contributed by atoms with Gasteiger partial charge in [-0.3, -0.25) is 9.98 Å². The fraction of sp³-hybridized carbons (Fsp3) is 0.176. The Morgan fingerprint density at radius 2 is 1.18 bits per heavy atom. The van der Waals surface area contributed by atoms with Gasteiger partial charge in [0.1, 0.15) is 0 Å². The van der Waals surface area contributed by atoms with Gasteiger partial charge in [0, 0.05) is 29.0 Å². The molecule has 0 saturated heterocycles. The number of hydrogen-bond acceptors (Lipinski definition) is 2. The van der Waals surface area contributed by atoms with Crippen molar-refractivity contribution in [2.75, 3.05) is 0 Å². The first-order chi connectivity index (χ1) is 9.24. The van der Waals surface area contributed by atoms with Gasteiger partial charge in [-0.15, -0.1) is 0 Å². The summed E-state index contributed by atoms with van der Waals surface area (Å²) in [6.07, 6.45) is 13.6. The molecular weight excluding hydrogens is 394 g/mol. The van der Waals surface area contributed by atoms with E-state index in [1.54, 1.807) is 0 Å². The maximum atomic E-state index is 4.63. The molecule has 0 spiro atoms. The minimum Gasteiger partial charge on any atom is -1.00 e. The van der Waals surface area contributed by atoms with Gasteiger partial charge in [-0.2, -0.15) is 0 Å². The molecule has 0 N–H and O–H groups in total. The van der Waals surface area contributed by atoms with Gasteiger partial charge >= 0.3 is 26.2 Å². The molecule has 2 nitrogen and oxygen atoms in total. The minimum absolute atomic E-state index is 0. The second kappa shape index (κ2) is 7.21. The van der Waals surface area contributed by atoms with Crippen LogP contribution < -0.4 is 24.8 Å². The average molecular weight is 408 g/mol. The van der Waals surface area contributed by atoms with Crippen LogP contribution in [-0.4, -0.2) is 11.4 Å². The minimum atomic E-state index is 0. The Bertz CT molecular complexity index is 696. The molecule has 0 unspecified atom stereocenters. The first kappa shape index (κ1) is 19.3. The summed E-state index contributed by atoms with van der Waals surface area (Å²) in [5.74, 6) is 0. The van der Waals surface area contributed by atoms with Crippen molar-refractivity contribution < 1.29 is 51.0 Å². The normalized spacial score (nSPS) is 19.7. The number of fused-ring (bicyclic) bond motifs is 2. The second-order valence-electron chi connectivity index (χ2n) is 5.18. The molecule has 0 aromatic rings. The quantitative estimate of drug-likeness (QED) is 0.497. The third kappa shape index (κ3) is 2.87. The molecule has 0 aromatic carbocycles. The summed E-state index contributed by atoms with van der Waals surface area (Å²) in [4.78, 5) is 9.26. The third-order valence-electron chi connectivity index (χ3n) is 4.04. The maximum absolute atomic E-state index is 4.63. The average Bonchev–Trinajstić information content (AvgIpc) is 3.06. The Hall–Kier alpha value is -0.757. The third-order valence-corrected chi connectivity index (χ3v) is 4.04. The molecule has 22 heavy (non-hydrogen) atoms. The van der Waals surface area contributed by atoms with Crippen LogP contribution in [0.4, 0.5) is 0 Å². The van der Waals surface area contributed by atoms with Crippen LogP contribution in [0.3, 0.4) is 0 Å². The topological polar surface area (TPSA) is 24.7 Å². The van der Waals surface area contributed by atoms with Gasteiger partial charge in [-0.1, -0.05) is 24.3 Å². The van der Waals surface area contributed by atoms with Gasteiger partial charge in [-0.05, 0) is 37.1 Å². The smallest absolute Gasteiger partial charge is 1.00 e. The van der Waals surface area contributed by atoms with Crippen molar-refractivity contribution in [3.8, 4) is 0 Å². The van der Waals surface area contributed by atoms with Crippen molar-refractivity contribution in [2.45, 2.75) is 20.3 Å². The van der Waals surface area contributed by atoms with Crippen molar-refractivity contribution in [2.24, 2.45) is 9.98 Å². The molecular formula is C17H14Cl2N2Zr. The first-order valence-electron chi connectivity index (χ1n) is 6.59. The molecule has 0 bridgehead atoms. The zero-order valence-electron chi connectivity index (χ0n) is 12.3. The number of halogens is 2. The molecule has 5 heteroatoms. The van der Waals surface area contributed by atoms with Gasteiger partial charge < -0.3 is 24.8 Å². The number of hydrogen-bond donors (Lipinski definition) is 0. The van der Waals surface area contributed by atoms with Crippen molar-refractivity contribution in [3.63, 3.8) is 0 Å². The molecule has 4 aliphatic rings. The van der Waals surface area contributed by atoms with Crippen LogP contribution in [0.1, 0.15) is 20.3 Å². The molecule has 2 aliphatic heterocycles. The zero-order chi connectivity index (χ0) is 13.0. The van der Waals surface area contributed by atoms with E-state index in [1.165, 1.54) is 22.3 Å². The molecule has 2 heterocycles. The predicted octanol–water partition coefficient (Wildman–Crippen LogP) is -2.17. The second-order valence-corrected chi connectivity index (χ2v) is 5.18. The largest absolute Gasteiger partial charge is 2.00 e. The van der Waals surface area contributed by atoms with E-state index in [0.717, 1.165) is 29.2 Å². The van der Waals surface area contributed by atoms with Crippen molar-refractivity contribution in [3.05, 3.63) is 70.1 Å². The molecule has 0 aromatic heterocycles.